The normalized spacial score (nSPS) is 16.9. The molecule has 1 aliphatic rings. The van der Waals surface area contributed by atoms with Crippen molar-refractivity contribution in [2.24, 2.45) is 5.92 Å². The molecular formula is C16H24N2O3. The van der Waals surface area contributed by atoms with Crippen LogP contribution in [-0.2, 0) is 12.8 Å². The van der Waals surface area contributed by atoms with E-state index in [4.69, 9.17) is 0 Å². The Morgan fingerprint density at radius 2 is 2.10 bits per heavy atom. The first-order valence-electron chi connectivity index (χ1n) is 7.68. The van der Waals surface area contributed by atoms with Gasteiger partial charge in [0, 0.05) is 12.2 Å². The fourth-order valence-electron chi connectivity index (χ4n) is 2.87. The van der Waals surface area contributed by atoms with Crippen LogP contribution in [0.15, 0.2) is 10.9 Å². The lowest BCUT2D eigenvalue weighted by atomic mass is 9.95. The molecule has 1 aromatic rings. The summed E-state index contributed by atoms with van der Waals surface area (Å²) in [5.74, 6) is -0.160. The van der Waals surface area contributed by atoms with Crippen LogP contribution in [0.3, 0.4) is 0 Å². The average Bonchev–Trinajstić information content (AvgIpc) is 2.43. The Kier molecular flexibility index (Phi) is 5.17. The van der Waals surface area contributed by atoms with E-state index in [9.17, 15) is 14.7 Å². The average molecular weight is 292 g/mol. The zero-order valence-electron chi connectivity index (χ0n) is 12.7. The van der Waals surface area contributed by atoms with E-state index in [2.05, 4.69) is 10.3 Å². The first-order chi connectivity index (χ1) is 9.97. The van der Waals surface area contributed by atoms with E-state index in [-0.39, 0.29) is 29.1 Å². The topological polar surface area (TPSA) is 82.2 Å². The number of pyridine rings is 1. The van der Waals surface area contributed by atoms with E-state index >= 15 is 0 Å². The van der Waals surface area contributed by atoms with Crippen LogP contribution in [0.1, 0.15) is 54.7 Å². The van der Waals surface area contributed by atoms with E-state index in [1.165, 1.54) is 0 Å². The third kappa shape index (κ3) is 4.17. The summed E-state index contributed by atoms with van der Waals surface area (Å²) in [7, 11) is 0. The molecule has 3 N–H and O–H groups in total. The van der Waals surface area contributed by atoms with Crippen molar-refractivity contribution in [3.05, 3.63) is 33.2 Å². The summed E-state index contributed by atoms with van der Waals surface area (Å²) in [6, 6.07) is 1.74. The fourth-order valence-corrected chi connectivity index (χ4v) is 2.87. The predicted molar refractivity (Wildman–Crippen MR) is 81.5 cm³/mol. The maximum Gasteiger partial charge on any atom is 0.261 e. The second-order valence-electron chi connectivity index (χ2n) is 6.12. The van der Waals surface area contributed by atoms with Crippen molar-refractivity contribution in [3.8, 4) is 0 Å². The number of aromatic amines is 1. The van der Waals surface area contributed by atoms with Crippen LogP contribution < -0.4 is 10.9 Å². The number of fused-ring (bicyclic) bond motifs is 1. The molecule has 0 saturated carbocycles. The van der Waals surface area contributed by atoms with Gasteiger partial charge in [0.15, 0.2) is 0 Å². The zero-order valence-corrected chi connectivity index (χ0v) is 12.7. The summed E-state index contributed by atoms with van der Waals surface area (Å²) in [6.07, 6.45) is 4.24. The lowest BCUT2D eigenvalue weighted by Crippen LogP contribution is -2.34. The van der Waals surface area contributed by atoms with Gasteiger partial charge in [0.05, 0.1) is 6.10 Å². The number of aliphatic hydroxyl groups excluding tert-OH is 1. The molecule has 0 aromatic carbocycles. The number of nitrogens with one attached hydrogen (secondary N) is 2. The van der Waals surface area contributed by atoms with Gasteiger partial charge in [-0.1, -0.05) is 6.92 Å². The van der Waals surface area contributed by atoms with Crippen LogP contribution in [-0.4, -0.2) is 28.6 Å². The predicted octanol–water partition coefficient (Wildman–Crippen LogP) is 1.39. The van der Waals surface area contributed by atoms with Crippen molar-refractivity contribution < 1.29 is 9.90 Å². The van der Waals surface area contributed by atoms with Crippen molar-refractivity contribution in [2.45, 2.75) is 52.1 Å². The van der Waals surface area contributed by atoms with E-state index in [0.29, 0.717) is 13.0 Å². The quantitative estimate of drug-likeness (QED) is 0.767. The van der Waals surface area contributed by atoms with Gasteiger partial charge in [-0.3, -0.25) is 9.59 Å². The highest BCUT2D eigenvalue weighted by molar-refractivity contribution is 5.94. The number of H-pyrrole nitrogens is 1. The lowest BCUT2D eigenvalue weighted by molar-refractivity contribution is 0.0937. The summed E-state index contributed by atoms with van der Waals surface area (Å²) in [6.45, 7) is 4.15. The number of aromatic nitrogens is 1. The monoisotopic (exact) mass is 292 g/mol. The number of aryl methyl sites for hydroxylation is 2. The molecule has 5 heteroatoms. The van der Waals surface area contributed by atoms with Gasteiger partial charge >= 0.3 is 0 Å². The van der Waals surface area contributed by atoms with Crippen molar-refractivity contribution in [1.29, 1.82) is 0 Å². The van der Waals surface area contributed by atoms with Crippen molar-refractivity contribution in [1.82, 2.24) is 10.3 Å². The van der Waals surface area contributed by atoms with E-state index in [1.807, 2.05) is 6.92 Å². The molecule has 0 radical (unpaired) electrons. The van der Waals surface area contributed by atoms with Gasteiger partial charge in [-0.25, -0.2) is 0 Å². The van der Waals surface area contributed by atoms with Crippen LogP contribution >= 0.6 is 0 Å². The number of hydrogen-bond donors (Lipinski definition) is 3. The Morgan fingerprint density at radius 1 is 1.38 bits per heavy atom. The lowest BCUT2D eigenvalue weighted by Gasteiger charge is -2.17. The number of carbonyl (C=O) groups is 1. The first kappa shape index (κ1) is 15.8. The number of amides is 1. The molecule has 2 atom stereocenters. The summed E-state index contributed by atoms with van der Waals surface area (Å²) in [5, 5.41) is 12.1. The van der Waals surface area contributed by atoms with Crippen molar-refractivity contribution in [3.63, 3.8) is 0 Å². The minimum Gasteiger partial charge on any atom is -0.393 e. The van der Waals surface area contributed by atoms with Gasteiger partial charge in [-0.2, -0.15) is 0 Å². The van der Waals surface area contributed by atoms with Crippen LogP contribution in [0.4, 0.5) is 0 Å². The summed E-state index contributed by atoms with van der Waals surface area (Å²) >= 11 is 0. The van der Waals surface area contributed by atoms with Gasteiger partial charge in [-0.05, 0) is 56.6 Å². The van der Waals surface area contributed by atoms with Crippen LogP contribution in [0, 0.1) is 5.92 Å². The second-order valence-corrected chi connectivity index (χ2v) is 6.12. The molecule has 0 spiro atoms. The van der Waals surface area contributed by atoms with Gasteiger partial charge in [0.2, 0.25) is 0 Å². The van der Waals surface area contributed by atoms with Crippen LogP contribution in [0.2, 0.25) is 0 Å². The Hall–Kier alpha value is -1.62. The third-order valence-electron chi connectivity index (χ3n) is 3.94. The number of aliphatic hydroxyl groups is 1. The molecule has 1 aromatic heterocycles. The summed E-state index contributed by atoms with van der Waals surface area (Å²) in [5.41, 5.74) is 1.95. The van der Waals surface area contributed by atoms with Crippen LogP contribution in [0.5, 0.6) is 0 Å². The molecule has 0 bridgehead atoms. The largest absolute Gasteiger partial charge is 0.393 e. The minimum absolute atomic E-state index is 0.172. The van der Waals surface area contributed by atoms with Crippen molar-refractivity contribution >= 4 is 5.91 Å². The summed E-state index contributed by atoms with van der Waals surface area (Å²) in [4.78, 5) is 27.0. The standard InChI is InChI=1S/C16H24N2O3/c1-10(7-11(2)19)9-17-15(20)13-8-12-5-3-4-6-14(12)18-16(13)21/h8,10-11,19H,3-7,9H2,1-2H3,(H,17,20)(H,18,21). The third-order valence-corrected chi connectivity index (χ3v) is 3.94. The molecule has 0 saturated heterocycles. The molecule has 0 aliphatic heterocycles. The van der Waals surface area contributed by atoms with Gasteiger partial charge in [0.25, 0.3) is 11.5 Å². The Morgan fingerprint density at radius 3 is 2.81 bits per heavy atom. The Labute approximate surface area is 124 Å². The fraction of sp³-hybridized carbons (Fsp3) is 0.625. The number of hydrogen-bond acceptors (Lipinski definition) is 3. The van der Waals surface area contributed by atoms with E-state index in [0.717, 1.165) is 36.9 Å². The highest BCUT2D eigenvalue weighted by Gasteiger charge is 2.17. The molecule has 116 valence electrons. The van der Waals surface area contributed by atoms with Gasteiger partial charge in [0.1, 0.15) is 5.56 Å². The molecule has 5 nitrogen and oxygen atoms in total. The van der Waals surface area contributed by atoms with Gasteiger partial charge < -0.3 is 15.4 Å². The minimum atomic E-state index is -0.385. The zero-order chi connectivity index (χ0) is 15.4. The maximum atomic E-state index is 12.1. The second kappa shape index (κ2) is 6.89. The molecular weight excluding hydrogens is 268 g/mol. The van der Waals surface area contributed by atoms with E-state index < -0.39 is 0 Å². The molecule has 2 rings (SSSR count). The first-order valence-corrected chi connectivity index (χ1v) is 7.68. The SMILES string of the molecule is CC(O)CC(C)CNC(=O)c1cc2c([nH]c1=O)CCCC2. The molecule has 1 heterocycles. The molecule has 1 aliphatic carbocycles. The van der Waals surface area contributed by atoms with Gasteiger partial charge in [-0.15, -0.1) is 0 Å². The molecule has 2 unspecified atom stereocenters. The van der Waals surface area contributed by atoms with E-state index in [1.54, 1.807) is 13.0 Å². The number of carbonyl (C=O) groups excluding carboxylic acids is 1. The van der Waals surface area contributed by atoms with Crippen LogP contribution in [0.25, 0.3) is 0 Å². The molecule has 21 heavy (non-hydrogen) atoms. The highest BCUT2D eigenvalue weighted by Crippen LogP contribution is 2.18. The number of rotatable bonds is 5. The molecule has 1 amide bonds. The molecule has 0 fully saturated rings. The summed E-state index contributed by atoms with van der Waals surface area (Å²) < 4.78 is 0. The maximum absolute atomic E-state index is 12.1. The Bertz CT molecular complexity index is 563. The van der Waals surface area contributed by atoms with Crippen molar-refractivity contribution in [2.75, 3.05) is 6.54 Å². The smallest absolute Gasteiger partial charge is 0.261 e. The Balaban J connectivity index is 2.04. The highest BCUT2D eigenvalue weighted by atomic mass is 16.3.